The van der Waals surface area contributed by atoms with Gasteiger partial charge in [-0.2, -0.15) is 0 Å². The number of hydrogen-bond donors (Lipinski definition) is 2. The van der Waals surface area contributed by atoms with E-state index in [2.05, 4.69) is 26.2 Å². The van der Waals surface area contributed by atoms with E-state index in [1.807, 2.05) is 0 Å². The zero-order valence-corrected chi connectivity index (χ0v) is 12.3. The molecule has 2 N–H and O–H groups in total. The number of amides is 1. The molecular formula is C13H17BrN2O3. The van der Waals surface area contributed by atoms with Gasteiger partial charge < -0.3 is 15.0 Å². The van der Waals surface area contributed by atoms with Crippen molar-refractivity contribution in [1.29, 1.82) is 0 Å². The first-order valence-electron chi connectivity index (χ1n) is 6.41. The maximum absolute atomic E-state index is 11.9. The molecule has 6 heteroatoms. The number of carbonyl (C=O) groups is 2. The summed E-state index contributed by atoms with van der Waals surface area (Å²) in [6, 6.07) is 1.84. The molecule has 1 aromatic rings. The van der Waals surface area contributed by atoms with E-state index in [9.17, 15) is 9.59 Å². The van der Waals surface area contributed by atoms with E-state index in [1.165, 1.54) is 0 Å². The highest BCUT2D eigenvalue weighted by atomic mass is 79.9. The van der Waals surface area contributed by atoms with Gasteiger partial charge in [0.25, 0.3) is 5.91 Å². The molecule has 1 aromatic heterocycles. The standard InChI is InChI=1S/C13H17BrN2O3/c1-8(12(17)16-10-4-2-3-5-10)19-13(18)11-6-9(14)7-15-11/h6-8,10,15H,2-5H2,1H3,(H,16,17). The van der Waals surface area contributed by atoms with Gasteiger partial charge >= 0.3 is 5.97 Å². The van der Waals surface area contributed by atoms with Gasteiger partial charge in [0.05, 0.1) is 0 Å². The molecule has 0 aliphatic heterocycles. The fourth-order valence-corrected chi connectivity index (χ4v) is 2.50. The zero-order valence-electron chi connectivity index (χ0n) is 10.7. The molecule has 19 heavy (non-hydrogen) atoms. The molecule has 1 fully saturated rings. The minimum Gasteiger partial charge on any atom is -0.448 e. The fourth-order valence-electron chi connectivity index (χ4n) is 2.15. The van der Waals surface area contributed by atoms with Crippen LogP contribution in [0.3, 0.4) is 0 Å². The summed E-state index contributed by atoms with van der Waals surface area (Å²) < 4.78 is 5.88. The zero-order chi connectivity index (χ0) is 13.8. The van der Waals surface area contributed by atoms with E-state index in [4.69, 9.17) is 4.74 Å². The Hall–Kier alpha value is -1.30. The van der Waals surface area contributed by atoms with Gasteiger partial charge in [0.2, 0.25) is 0 Å². The highest BCUT2D eigenvalue weighted by molar-refractivity contribution is 9.10. The minimum absolute atomic E-state index is 0.230. The van der Waals surface area contributed by atoms with E-state index in [1.54, 1.807) is 19.2 Å². The first-order valence-corrected chi connectivity index (χ1v) is 7.21. The lowest BCUT2D eigenvalue weighted by molar-refractivity contribution is -0.129. The molecule has 1 atom stereocenters. The quantitative estimate of drug-likeness (QED) is 0.833. The molecule has 1 heterocycles. The summed E-state index contributed by atoms with van der Waals surface area (Å²) in [5, 5.41) is 2.91. The van der Waals surface area contributed by atoms with Gasteiger partial charge in [-0.15, -0.1) is 0 Å². The van der Waals surface area contributed by atoms with Crippen molar-refractivity contribution >= 4 is 27.8 Å². The SMILES string of the molecule is CC(OC(=O)c1cc(Br)c[nH]1)C(=O)NC1CCCC1. The Labute approximate surface area is 120 Å². The number of aromatic amines is 1. The van der Waals surface area contributed by atoms with Crippen LogP contribution >= 0.6 is 15.9 Å². The summed E-state index contributed by atoms with van der Waals surface area (Å²) in [4.78, 5) is 26.4. The van der Waals surface area contributed by atoms with Gasteiger partial charge in [-0.25, -0.2) is 4.79 Å². The lowest BCUT2D eigenvalue weighted by Gasteiger charge is -2.16. The molecular weight excluding hydrogens is 312 g/mol. The monoisotopic (exact) mass is 328 g/mol. The largest absolute Gasteiger partial charge is 0.448 e. The lowest BCUT2D eigenvalue weighted by atomic mass is 10.2. The number of halogens is 1. The van der Waals surface area contributed by atoms with E-state index >= 15 is 0 Å². The summed E-state index contributed by atoms with van der Waals surface area (Å²) >= 11 is 3.24. The van der Waals surface area contributed by atoms with Crippen LogP contribution in [0.1, 0.15) is 43.1 Å². The molecule has 1 saturated carbocycles. The summed E-state index contributed by atoms with van der Waals surface area (Å²) in [5.41, 5.74) is 0.326. The number of aromatic nitrogens is 1. The van der Waals surface area contributed by atoms with Crippen LogP contribution < -0.4 is 5.32 Å². The van der Waals surface area contributed by atoms with Crippen LogP contribution in [0.5, 0.6) is 0 Å². The number of nitrogens with one attached hydrogen (secondary N) is 2. The predicted molar refractivity (Wildman–Crippen MR) is 73.8 cm³/mol. The molecule has 1 aliphatic carbocycles. The second-order valence-corrected chi connectivity index (χ2v) is 5.68. The van der Waals surface area contributed by atoms with Crippen LogP contribution in [0.25, 0.3) is 0 Å². The predicted octanol–water partition coefficient (Wildman–Crippen LogP) is 2.38. The molecule has 104 valence electrons. The molecule has 0 radical (unpaired) electrons. The molecule has 0 spiro atoms. The number of carbonyl (C=O) groups excluding carboxylic acids is 2. The molecule has 0 aromatic carbocycles. The van der Waals surface area contributed by atoms with Crippen LogP contribution in [-0.2, 0) is 9.53 Å². The number of hydrogen-bond acceptors (Lipinski definition) is 3. The van der Waals surface area contributed by atoms with E-state index in [-0.39, 0.29) is 11.9 Å². The van der Waals surface area contributed by atoms with Crippen molar-refractivity contribution in [1.82, 2.24) is 10.3 Å². The first-order chi connectivity index (χ1) is 9.06. The molecule has 5 nitrogen and oxygen atoms in total. The summed E-state index contributed by atoms with van der Waals surface area (Å²) in [5.74, 6) is -0.759. The summed E-state index contributed by atoms with van der Waals surface area (Å²) in [6.07, 6.45) is 5.17. The Morgan fingerprint density at radius 2 is 2.16 bits per heavy atom. The maximum Gasteiger partial charge on any atom is 0.355 e. The van der Waals surface area contributed by atoms with Gasteiger partial charge in [0.1, 0.15) is 5.69 Å². The smallest absolute Gasteiger partial charge is 0.355 e. The van der Waals surface area contributed by atoms with Crippen LogP contribution in [0.4, 0.5) is 0 Å². The third-order valence-electron chi connectivity index (χ3n) is 3.22. The highest BCUT2D eigenvalue weighted by Crippen LogP contribution is 2.18. The topological polar surface area (TPSA) is 71.2 Å². The molecule has 1 amide bonds. The number of rotatable bonds is 4. The van der Waals surface area contributed by atoms with E-state index in [0.717, 1.165) is 30.2 Å². The van der Waals surface area contributed by atoms with Crippen LogP contribution in [-0.4, -0.2) is 29.0 Å². The number of esters is 1. The Bertz CT molecular complexity index is 466. The van der Waals surface area contributed by atoms with Crippen molar-refractivity contribution in [2.75, 3.05) is 0 Å². The third-order valence-corrected chi connectivity index (χ3v) is 3.68. The number of ether oxygens (including phenoxy) is 1. The first kappa shape index (κ1) is 14.1. The minimum atomic E-state index is -0.782. The molecule has 2 rings (SSSR count). The normalized spacial score (nSPS) is 17.2. The molecule has 0 saturated heterocycles. The fraction of sp³-hybridized carbons (Fsp3) is 0.538. The van der Waals surface area contributed by atoms with Crippen molar-refractivity contribution in [3.8, 4) is 0 Å². The van der Waals surface area contributed by atoms with E-state index < -0.39 is 12.1 Å². The Morgan fingerprint density at radius 3 is 2.74 bits per heavy atom. The van der Waals surface area contributed by atoms with Gasteiger partial charge in [0, 0.05) is 16.7 Å². The highest BCUT2D eigenvalue weighted by Gasteiger charge is 2.23. The summed E-state index contributed by atoms with van der Waals surface area (Å²) in [7, 11) is 0. The summed E-state index contributed by atoms with van der Waals surface area (Å²) in [6.45, 7) is 1.58. The molecule has 0 bridgehead atoms. The van der Waals surface area contributed by atoms with E-state index in [0.29, 0.717) is 5.69 Å². The maximum atomic E-state index is 11.9. The lowest BCUT2D eigenvalue weighted by Crippen LogP contribution is -2.40. The van der Waals surface area contributed by atoms with Gasteiger partial charge in [-0.3, -0.25) is 4.79 Å². The van der Waals surface area contributed by atoms with Crippen molar-refractivity contribution in [3.05, 3.63) is 22.4 Å². The Kier molecular flexibility index (Phi) is 4.63. The molecule has 1 aliphatic rings. The van der Waals surface area contributed by atoms with Gasteiger partial charge in [-0.05, 0) is 41.8 Å². The van der Waals surface area contributed by atoms with Crippen LogP contribution in [0.2, 0.25) is 0 Å². The second kappa shape index (κ2) is 6.23. The van der Waals surface area contributed by atoms with Crippen LogP contribution in [0, 0.1) is 0 Å². The average Bonchev–Trinajstić information content (AvgIpc) is 3.00. The molecule has 1 unspecified atom stereocenters. The van der Waals surface area contributed by atoms with Crippen molar-refractivity contribution < 1.29 is 14.3 Å². The van der Waals surface area contributed by atoms with Gasteiger partial charge in [0.15, 0.2) is 6.10 Å². The van der Waals surface area contributed by atoms with Crippen molar-refractivity contribution in [2.45, 2.75) is 44.8 Å². The number of H-pyrrole nitrogens is 1. The van der Waals surface area contributed by atoms with Gasteiger partial charge in [-0.1, -0.05) is 12.8 Å². The van der Waals surface area contributed by atoms with Crippen molar-refractivity contribution in [3.63, 3.8) is 0 Å². The average molecular weight is 329 g/mol. The second-order valence-electron chi connectivity index (χ2n) is 4.77. The Balaban J connectivity index is 1.84. The third kappa shape index (κ3) is 3.83. The van der Waals surface area contributed by atoms with Crippen molar-refractivity contribution in [2.24, 2.45) is 0 Å². The van der Waals surface area contributed by atoms with Crippen LogP contribution in [0.15, 0.2) is 16.7 Å². The Morgan fingerprint density at radius 1 is 1.47 bits per heavy atom.